The lowest BCUT2D eigenvalue weighted by atomic mass is 10.0. The zero-order chi connectivity index (χ0) is 25.3. The summed E-state index contributed by atoms with van der Waals surface area (Å²) in [5.41, 5.74) is 0.797. The highest BCUT2D eigenvalue weighted by Crippen LogP contribution is 2.31. The number of pyridine rings is 1. The number of nitrogens with zero attached hydrogens (tertiary/aromatic N) is 1. The molecule has 1 atom stereocenters. The van der Waals surface area contributed by atoms with E-state index in [4.69, 9.17) is 0 Å². The summed E-state index contributed by atoms with van der Waals surface area (Å²) >= 11 is 0. The van der Waals surface area contributed by atoms with Gasteiger partial charge >= 0.3 is 6.18 Å². The predicted molar refractivity (Wildman–Crippen MR) is 128 cm³/mol. The van der Waals surface area contributed by atoms with Crippen LogP contribution in [0.4, 0.5) is 24.5 Å². The molecule has 0 spiro atoms. The van der Waals surface area contributed by atoms with Crippen molar-refractivity contribution in [2.24, 2.45) is 7.05 Å². The third-order valence-corrected chi connectivity index (χ3v) is 5.74. The van der Waals surface area contributed by atoms with Crippen LogP contribution in [-0.2, 0) is 13.2 Å². The molecule has 1 amide bonds. The molecule has 180 valence electrons. The molecule has 0 aliphatic rings. The van der Waals surface area contributed by atoms with Crippen molar-refractivity contribution in [2.75, 3.05) is 5.32 Å². The van der Waals surface area contributed by atoms with E-state index in [1.165, 1.54) is 23.7 Å². The smallest absolute Gasteiger partial charge is 0.416 e. The first-order chi connectivity index (χ1) is 16.6. The van der Waals surface area contributed by atoms with Crippen molar-refractivity contribution in [1.29, 1.82) is 0 Å². The Hall–Kier alpha value is -4.27. The Bertz CT molecular complexity index is 1460. The van der Waals surface area contributed by atoms with Crippen molar-refractivity contribution in [2.45, 2.75) is 19.1 Å². The number of halogens is 3. The zero-order valence-corrected chi connectivity index (χ0v) is 18.9. The highest BCUT2D eigenvalue weighted by molar-refractivity contribution is 6.08. The quantitative estimate of drug-likeness (QED) is 0.352. The Morgan fingerprint density at radius 1 is 0.971 bits per heavy atom. The van der Waals surface area contributed by atoms with E-state index in [9.17, 15) is 27.9 Å². The van der Waals surface area contributed by atoms with Crippen molar-refractivity contribution < 1.29 is 23.1 Å². The van der Waals surface area contributed by atoms with Crippen molar-refractivity contribution in [3.63, 3.8) is 0 Å². The van der Waals surface area contributed by atoms with E-state index in [-0.39, 0.29) is 5.56 Å². The standard InChI is InChI=1S/C26H22F3N3O3/c1-15(30-24(34)22-20-8-3-4-9-21(20)32(2)25(35)23(22)33)16-6-5-7-19(14-16)31-18-12-10-17(11-13-18)26(27,28)29/h3-15,31,33H,1-2H3,(H,30,34). The molecule has 0 fully saturated rings. The normalized spacial score (nSPS) is 12.4. The largest absolute Gasteiger partial charge is 0.502 e. The first kappa shape index (κ1) is 23.9. The number of anilines is 2. The van der Waals surface area contributed by atoms with Crippen LogP contribution in [0.5, 0.6) is 5.75 Å². The Labute approximate surface area is 198 Å². The second-order valence-corrected chi connectivity index (χ2v) is 8.13. The SMILES string of the molecule is CC(NC(=O)c1c(O)c(=O)n(C)c2ccccc12)c1cccc(Nc2ccc(C(F)(F)F)cc2)c1. The van der Waals surface area contributed by atoms with Gasteiger partial charge in [-0.2, -0.15) is 13.2 Å². The summed E-state index contributed by atoms with van der Waals surface area (Å²) in [5, 5.41) is 16.7. The number of aromatic nitrogens is 1. The fourth-order valence-electron chi connectivity index (χ4n) is 3.86. The molecule has 1 heterocycles. The van der Waals surface area contributed by atoms with Crippen LogP contribution in [0.2, 0.25) is 0 Å². The van der Waals surface area contributed by atoms with Crippen molar-refractivity contribution >= 4 is 28.2 Å². The minimum Gasteiger partial charge on any atom is -0.502 e. The monoisotopic (exact) mass is 481 g/mol. The lowest BCUT2D eigenvalue weighted by Gasteiger charge is -2.18. The van der Waals surface area contributed by atoms with E-state index in [1.54, 1.807) is 55.5 Å². The maximum Gasteiger partial charge on any atom is 0.416 e. The van der Waals surface area contributed by atoms with Crippen molar-refractivity contribution in [1.82, 2.24) is 9.88 Å². The third kappa shape index (κ3) is 4.84. The maximum absolute atomic E-state index is 13.1. The van der Waals surface area contributed by atoms with E-state index in [2.05, 4.69) is 10.6 Å². The van der Waals surface area contributed by atoms with Gasteiger partial charge in [-0.1, -0.05) is 30.3 Å². The second kappa shape index (κ2) is 9.17. The van der Waals surface area contributed by atoms with Crippen molar-refractivity contribution in [3.8, 4) is 5.75 Å². The molecule has 1 unspecified atom stereocenters. The van der Waals surface area contributed by atoms with E-state index in [0.29, 0.717) is 27.8 Å². The molecule has 1 aromatic heterocycles. The average Bonchev–Trinajstić information content (AvgIpc) is 2.83. The molecule has 3 N–H and O–H groups in total. The Balaban J connectivity index is 1.56. The molecule has 0 saturated carbocycles. The van der Waals surface area contributed by atoms with Gasteiger partial charge in [-0.25, -0.2) is 0 Å². The number of alkyl halides is 3. The highest BCUT2D eigenvalue weighted by atomic mass is 19.4. The zero-order valence-electron chi connectivity index (χ0n) is 18.9. The van der Waals surface area contributed by atoms with Gasteiger partial charge in [0.05, 0.1) is 22.7 Å². The molecule has 0 saturated heterocycles. The summed E-state index contributed by atoms with van der Waals surface area (Å²) in [4.78, 5) is 25.5. The number of nitrogens with one attached hydrogen (secondary N) is 2. The summed E-state index contributed by atoms with van der Waals surface area (Å²) in [5.74, 6) is -1.24. The number of carbonyl (C=O) groups excluding carboxylic acids is 1. The molecule has 9 heteroatoms. The number of aromatic hydroxyl groups is 1. The van der Waals surface area contributed by atoms with Gasteiger partial charge in [-0.3, -0.25) is 9.59 Å². The summed E-state index contributed by atoms with van der Waals surface area (Å²) in [7, 11) is 1.52. The fraction of sp³-hybridized carbons (Fsp3) is 0.154. The van der Waals surface area contributed by atoms with Crippen LogP contribution in [0, 0.1) is 0 Å². The number of carbonyl (C=O) groups is 1. The molecule has 0 bridgehead atoms. The van der Waals surface area contributed by atoms with Gasteiger partial charge in [-0.05, 0) is 55.0 Å². The number of benzene rings is 3. The molecular formula is C26H22F3N3O3. The lowest BCUT2D eigenvalue weighted by molar-refractivity contribution is -0.137. The van der Waals surface area contributed by atoms with Crippen LogP contribution in [0.25, 0.3) is 10.9 Å². The Kier molecular flexibility index (Phi) is 6.26. The van der Waals surface area contributed by atoms with E-state index >= 15 is 0 Å². The van der Waals surface area contributed by atoms with Gasteiger partial charge in [-0.15, -0.1) is 0 Å². The number of hydrogen-bond acceptors (Lipinski definition) is 4. The summed E-state index contributed by atoms with van der Waals surface area (Å²) in [6, 6.07) is 18.0. The number of hydrogen-bond donors (Lipinski definition) is 3. The molecule has 6 nitrogen and oxygen atoms in total. The number of rotatable bonds is 5. The lowest BCUT2D eigenvalue weighted by Crippen LogP contribution is -2.29. The number of para-hydroxylation sites is 1. The van der Waals surface area contributed by atoms with Crippen LogP contribution in [0.15, 0.2) is 77.6 Å². The average molecular weight is 481 g/mol. The first-order valence-corrected chi connectivity index (χ1v) is 10.7. The van der Waals surface area contributed by atoms with Crippen LogP contribution in [0.1, 0.15) is 34.5 Å². The number of amides is 1. The van der Waals surface area contributed by atoms with Crippen molar-refractivity contribution in [3.05, 3.63) is 99.8 Å². The van der Waals surface area contributed by atoms with E-state index < -0.39 is 35.0 Å². The molecule has 3 aromatic carbocycles. The third-order valence-electron chi connectivity index (χ3n) is 5.74. The summed E-state index contributed by atoms with van der Waals surface area (Å²) in [6.45, 7) is 1.75. The highest BCUT2D eigenvalue weighted by Gasteiger charge is 2.30. The molecule has 4 rings (SSSR count). The Morgan fingerprint density at radius 3 is 2.34 bits per heavy atom. The molecular weight excluding hydrogens is 459 g/mol. The van der Waals surface area contributed by atoms with Gasteiger partial charge in [0.1, 0.15) is 0 Å². The number of aryl methyl sites for hydroxylation is 1. The maximum atomic E-state index is 13.1. The summed E-state index contributed by atoms with van der Waals surface area (Å²) < 4.78 is 39.6. The van der Waals surface area contributed by atoms with E-state index in [1.807, 2.05) is 0 Å². The molecule has 35 heavy (non-hydrogen) atoms. The molecule has 0 aliphatic carbocycles. The molecule has 0 aliphatic heterocycles. The molecule has 4 aromatic rings. The van der Waals surface area contributed by atoms with Gasteiger partial charge in [0, 0.05) is 23.8 Å². The number of fused-ring (bicyclic) bond motifs is 1. The van der Waals surface area contributed by atoms with Gasteiger partial charge in [0.15, 0.2) is 5.75 Å². The van der Waals surface area contributed by atoms with Crippen LogP contribution in [0.3, 0.4) is 0 Å². The van der Waals surface area contributed by atoms with Gasteiger partial charge < -0.3 is 20.3 Å². The topological polar surface area (TPSA) is 83.4 Å². The van der Waals surface area contributed by atoms with Gasteiger partial charge in [0.2, 0.25) is 0 Å². The Morgan fingerprint density at radius 2 is 1.66 bits per heavy atom. The molecule has 0 radical (unpaired) electrons. The second-order valence-electron chi connectivity index (χ2n) is 8.13. The van der Waals surface area contributed by atoms with Crippen LogP contribution in [-0.4, -0.2) is 15.6 Å². The summed E-state index contributed by atoms with van der Waals surface area (Å²) in [6.07, 6.45) is -4.41. The fourth-order valence-corrected chi connectivity index (χ4v) is 3.86. The van der Waals surface area contributed by atoms with E-state index in [0.717, 1.165) is 12.1 Å². The van der Waals surface area contributed by atoms with Gasteiger partial charge in [0.25, 0.3) is 11.5 Å². The van der Waals surface area contributed by atoms with Crippen LogP contribution >= 0.6 is 0 Å². The minimum absolute atomic E-state index is 0.102. The van der Waals surface area contributed by atoms with Crippen LogP contribution < -0.4 is 16.2 Å². The predicted octanol–water partition coefficient (Wildman–Crippen LogP) is 5.50. The first-order valence-electron chi connectivity index (χ1n) is 10.7. The minimum atomic E-state index is -4.41.